The van der Waals surface area contributed by atoms with Gasteiger partial charge in [0.1, 0.15) is 17.1 Å². The SMILES string of the molecule is COc1cccc(OC)c1C(=O)Pc1ccccc1C.[LiH]. The molecule has 0 aliphatic rings. The van der Waals surface area contributed by atoms with Gasteiger partial charge >= 0.3 is 18.9 Å². The first-order chi connectivity index (χ1) is 9.67. The number of benzene rings is 2. The van der Waals surface area contributed by atoms with Crippen molar-refractivity contribution in [3.8, 4) is 11.5 Å². The Bertz CT molecular complexity index is 606. The zero-order valence-corrected chi connectivity index (χ0v) is 12.8. The van der Waals surface area contributed by atoms with Crippen LogP contribution >= 0.6 is 8.58 Å². The van der Waals surface area contributed by atoms with Crippen molar-refractivity contribution in [1.29, 1.82) is 0 Å². The zero-order valence-electron chi connectivity index (χ0n) is 11.8. The summed E-state index contributed by atoms with van der Waals surface area (Å²) in [5.74, 6) is 1.10. The van der Waals surface area contributed by atoms with E-state index in [0.717, 1.165) is 10.9 Å². The molecule has 1 unspecified atom stereocenters. The predicted molar refractivity (Wildman–Crippen MR) is 90.2 cm³/mol. The van der Waals surface area contributed by atoms with Crippen LogP contribution in [0, 0.1) is 6.92 Å². The third-order valence-corrected chi connectivity index (χ3v) is 4.36. The maximum absolute atomic E-state index is 12.6. The van der Waals surface area contributed by atoms with Gasteiger partial charge in [-0.3, -0.25) is 4.79 Å². The van der Waals surface area contributed by atoms with Crippen LogP contribution in [0.15, 0.2) is 42.5 Å². The van der Waals surface area contributed by atoms with E-state index in [4.69, 9.17) is 9.47 Å². The molecule has 0 N–H and O–H groups in total. The normalized spacial score (nSPS) is 10.2. The Morgan fingerprint density at radius 1 is 0.952 bits per heavy atom. The molecule has 2 aromatic rings. The van der Waals surface area contributed by atoms with E-state index in [1.165, 1.54) is 0 Å². The van der Waals surface area contributed by atoms with Crippen LogP contribution in [0.1, 0.15) is 15.9 Å². The topological polar surface area (TPSA) is 35.5 Å². The second-order valence-electron chi connectivity index (χ2n) is 4.31. The molecule has 0 saturated heterocycles. The standard InChI is InChI=1S/C16H17O3P.Li.H/c1-11-7-4-5-10-14(11)20-16(17)15-12(18-2)8-6-9-13(15)19-3;;/h4-10,20H,1-3H3;;. The van der Waals surface area contributed by atoms with Crippen LogP contribution in [0.5, 0.6) is 11.5 Å². The quantitative estimate of drug-likeness (QED) is 0.628. The number of carbonyl (C=O) groups excluding carboxylic acids is 1. The van der Waals surface area contributed by atoms with Crippen molar-refractivity contribution in [3.05, 3.63) is 53.6 Å². The van der Waals surface area contributed by atoms with Gasteiger partial charge in [-0.15, -0.1) is 0 Å². The first-order valence-corrected chi connectivity index (χ1v) is 7.25. The maximum atomic E-state index is 12.6. The average Bonchev–Trinajstić information content (AvgIpc) is 2.48. The summed E-state index contributed by atoms with van der Waals surface area (Å²) in [6.07, 6.45) is 0. The molecule has 0 aliphatic heterocycles. The molecule has 0 amide bonds. The molecule has 106 valence electrons. The number of rotatable bonds is 5. The van der Waals surface area contributed by atoms with Gasteiger partial charge in [-0.25, -0.2) is 0 Å². The molecule has 2 aromatic carbocycles. The van der Waals surface area contributed by atoms with Gasteiger partial charge < -0.3 is 9.47 Å². The Balaban J connectivity index is 0.00000220. The Kier molecular flexibility index (Phi) is 6.98. The molecule has 0 aromatic heterocycles. The molecule has 0 spiro atoms. The van der Waals surface area contributed by atoms with Gasteiger partial charge in [0.05, 0.1) is 14.2 Å². The van der Waals surface area contributed by atoms with E-state index < -0.39 is 0 Å². The number of hydrogen-bond donors (Lipinski definition) is 0. The van der Waals surface area contributed by atoms with E-state index >= 15 is 0 Å². The van der Waals surface area contributed by atoms with E-state index in [0.29, 0.717) is 17.1 Å². The van der Waals surface area contributed by atoms with Crippen molar-refractivity contribution in [1.82, 2.24) is 0 Å². The molecule has 5 heteroatoms. The molecular weight excluding hydrogens is 278 g/mol. The molecule has 21 heavy (non-hydrogen) atoms. The summed E-state index contributed by atoms with van der Waals surface area (Å²) < 4.78 is 10.6. The second-order valence-corrected chi connectivity index (χ2v) is 5.55. The van der Waals surface area contributed by atoms with E-state index in [2.05, 4.69) is 0 Å². The molecule has 0 fully saturated rings. The number of methoxy groups -OCH3 is 2. The molecule has 0 heterocycles. The zero-order chi connectivity index (χ0) is 14.5. The fourth-order valence-electron chi connectivity index (χ4n) is 1.97. The molecule has 3 nitrogen and oxygen atoms in total. The van der Waals surface area contributed by atoms with E-state index in [9.17, 15) is 4.79 Å². The van der Waals surface area contributed by atoms with Crippen LogP contribution in [0.3, 0.4) is 0 Å². The molecule has 1 atom stereocenters. The summed E-state index contributed by atoms with van der Waals surface area (Å²) in [5, 5.41) is 1.05. The minimum absolute atomic E-state index is 0. The molecule has 0 bridgehead atoms. The van der Waals surface area contributed by atoms with Crippen LogP contribution in [0.2, 0.25) is 0 Å². The van der Waals surface area contributed by atoms with Gasteiger partial charge in [0.15, 0.2) is 5.52 Å². The summed E-state index contributed by atoms with van der Waals surface area (Å²) in [6.45, 7) is 2.01. The van der Waals surface area contributed by atoms with Crippen molar-refractivity contribution >= 4 is 38.3 Å². The first-order valence-electron chi connectivity index (χ1n) is 6.25. The van der Waals surface area contributed by atoms with Gasteiger partial charge in [-0.2, -0.15) is 0 Å². The number of carbonyl (C=O) groups is 1. The monoisotopic (exact) mass is 296 g/mol. The van der Waals surface area contributed by atoms with Gasteiger partial charge in [0.2, 0.25) is 0 Å². The minimum atomic E-state index is 0. The van der Waals surface area contributed by atoms with Crippen LogP contribution < -0.4 is 14.8 Å². The fourth-order valence-corrected chi connectivity index (χ4v) is 3.05. The fraction of sp³-hybridized carbons (Fsp3) is 0.188. The summed E-state index contributed by atoms with van der Waals surface area (Å²) in [6, 6.07) is 13.3. The average molecular weight is 296 g/mol. The first kappa shape index (κ1) is 17.8. The molecule has 0 saturated carbocycles. The number of hydrogen-bond acceptors (Lipinski definition) is 3. The summed E-state index contributed by atoms with van der Waals surface area (Å²) in [5.41, 5.74) is 1.65. The van der Waals surface area contributed by atoms with Gasteiger partial charge in [0.25, 0.3) is 0 Å². The Morgan fingerprint density at radius 2 is 1.52 bits per heavy atom. The van der Waals surface area contributed by atoms with E-state index in [-0.39, 0.29) is 33.0 Å². The van der Waals surface area contributed by atoms with E-state index in [1.54, 1.807) is 26.4 Å². The summed E-state index contributed by atoms with van der Waals surface area (Å²) >= 11 is 0. The Labute approximate surface area is 139 Å². The molecule has 0 radical (unpaired) electrons. The third kappa shape index (κ3) is 4.11. The predicted octanol–water partition coefficient (Wildman–Crippen LogP) is 2.51. The third-order valence-electron chi connectivity index (χ3n) is 3.05. The second kappa shape index (κ2) is 8.25. The van der Waals surface area contributed by atoms with Crippen molar-refractivity contribution in [3.63, 3.8) is 0 Å². The number of ether oxygens (including phenoxy) is 2. The molecule has 2 rings (SSSR count). The van der Waals surface area contributed by atoms with Crippen LogP contribution in [-0.4, -0.2) is 38.6 Å². The van der Waals surface area contributed by atoms with Crippen molar-refractivity contribution in [2.75, 3.05) is 14.2 Å². The molecular formula is C16H18LiO3P. The van der Waals surface area contributed by atoms with Gasteiger partial charge in [0, 0.05) is 0 Å². The van der Waals surface area contributed by atoms with Crippen LogP contribution in [0.4, 0.5) is 0 Å². The van der Waals surface area contributed by atoms with E-state index in [1.807, 2.05) is 37.3 Å². The number of aryl methyl sites for hydroxylation is 1. The van der Waals surface area contributed by atoms with Crippen molar-refractivity contribution < 1.29 is 14.3 Å². The Morgan fingerprint density at radius 3 is 2.05 bits per heavy atom. The van der Waals surface area contributed by atoms with Crippen LogP contribution in [0.25, 0.3) is 0 Å². The van der Waals surface area contributed by atoms with Crippen molar-refractivity contribution in [2.45, 2.75) is 6.92 Å². The van der Waals surface area contributed by atoms with Gasteiger partial charge in [-0.05, 0) is 38.5 Å². The van der Waals surface area contributed by atoms with Crippen molar-refractivity contribution in [2.24, 2.45) is 0 Å². The molecule has 0 aliphatic carbocycles. The summed E-state index contributed by atoms with van der Waals surface area (Å²) in [7, 11) is 3.17. The Hall–Kier alpha value is -1.26. The van der Waals surface area contributed by atoms with Crippen LogP contribution in [-0.2, 0) is 0 Å². The summed E-state index contributed by atoms with van der Waals surface area (Å²) in [4.78, 5) is 12.6. The van der Waals surface area contributed by atoms with Gasteiger partial charge in [-0.1, -0.05) is 30.3 Å².